The maximum absolute atomic E-state index is 6.84. The molecule has 2 N–H and O–H groups in total. The van der Waals surface area contributed by atoms with Crippen LogP contribution in [0.25, 0.3) is 11.0 Å². The molecule has 0 spiro atoms. The fourth-order valence-corrected chi connectivity index (χ4v) is 5.34. The first-order chi connectivity index (χ1) is 20.0. The van der Waals surface area contributed by atoms with Crippen molar-refractivity contribution in [2.45, 2.75) is 73.3 Å². The summed E-state index contributed by atoms with van der Waals surface area (Å²) in [5.41, 5.74) is 16.5. The molecule has 0 atom stereocenters. The van der Waals surface area contributed by atoms with Crippen molar-refractivity contribution in [3.8, 4) is 11.5 Å². The van der Waals surface area contributed by atoms with E-state index in [1.807, 2.05) is 4.57 Å². The number of imidazole rings is 1. The first-order valence-corrected chi connectivity index (χ1v) is 14.9. The molecular formula is C36H42IN3O2. The number of benzene rings is 4. The van der Waals surface area contributed by atoms with E-state index in [1.54, 1.807) is 0 Å². The number of rotatable bonds is 12. The Hall–Kier alpha value is -3.52. The van der Waals surface area contributed by atoms with Gasteiger partial charge in [-0.25, -0.2) is 0 Å². The van der Waals surface area contributed by atoms with Crippen LogP contribution in [0.3, 0.4) is 0 Å². The molecule has 0 saturated carbocycles. The number of nitrogens with two attached hydrogens (primary N) is 1. The Morgan fingerprint density at radius 1 is 0.619 bits per heavy atom. The van der Waals surface area contributed by atoms with Crippen LogP contribution in [0.2, 0.25) is 0 Å². The molecule has 5 aromatic rings. The molecule has 0 aliphatic rings. The average molecular weight is 676 g/mol. The third-order valence-corrected chi connectivity index (χ3v) is 7.83. The Morgan fingerprint density at radius 2 is 1.17 bits per heavy atom. The van der Waals surface area contributed by atoms with Crippen molar-refractivity contribution >= 4 is 17.0 Å². The van der Waals surface area contributed by atoms with Gasteiger partial charge >= 0.3 is 5.95 Å². The highest BCUT2D eigenvalue weighted by Gasteiger charge is 2.23. The fourth-order valence-electron chi connectivity index (χ4n) is 5.34. The number of hydrogen-bond acceptors (Lipinski definition) is 3. The zero-order valence-electron chi connectivity index (χ0n) is 25.2. The molecule has 0 fully saturated rings. The number of nitrogen functional groups attached to an aromatic ring is 1. The van der Waals surface area contributed by atoms with E-state index >= 15 is 0 Å². The molecule has 220 valence electrons. The van der Waals surface area contributed by atoms with Gasteiger partial charge in [0.1, 0.15) is 22.5 Å². The van der Waals surface area contributed by atoms with E-state index in [2.05, 4.69) is 117 Å². The molecule has 0 aliphatic heterocycles. The molecule has 0 aliphatic carbocycles. The minimum absolute atomic E-state index is 0. The maximum atomic E-state index is 6.84. The molecule has 0 amide bonds. The number of hydrogen-bond donors (Lipinski definition) is 1. The molecular weight excluding hydrogens is 633 g/mol. The van der Waals surface area contributed by atoms with Crippen molar-refractivity contribution in [2.75, 3.05) is 5.73 Å². The van der Waals surface area contributed by atoms with E-state index < -0.39 is 0 Å². The molecule has 0 bridgehead atoms. The molecule has 5 nitrogen and oxygen atoms in total. The van der Waals surface area contributed by atoms with Gasteiger partial charge < -0.3 is 33.5 Å². The Bertz CT molecular complexity index is 1580. The predicted molar refractivity (Wildman–Crippen MR) is 167 cm³/mol. The third kappa shape index (κ3) is 7.27. The second-order valence-electron chi connectivity index (χ2n) is 10.6. The zero-order valence-corrected chi connectivity index (χ0v) is 27.4. The number of nitrogens with zero attached hydrogens (tertiary/aromatic N) is 2. The molecule has 1 aromatic heterocycles. The molecule has 1 heterocycles. The molecule has 4 aromatic carbocycles. The SMILES string of the molecule is CCc1cc(CC)cc(OCn2c(N)[n+](COc3cc(CC)cc(CC)c3)c3ccc(Cc4ccccc4)cc32)c1.[I-]. The number of aryl methyl sites for hydroxylation is 4. The molecule has 0 radical (unpaired) electrons. The Kier molecular flexibility index (Phi) is 10.9. The summed E-state index contributed by atoms with van der Waals surface area (Å²) in [6, 6.07) is 30.1. The normalized spacial score (nSPS) is 11.0. The van der Waals surface area contributed by atoms with Crippen molar-refractivity contribution in [3.05, 3.63) is 118 Å². The van der Waals surface area contributed by atoms with Crippen LogP contribution in [0.4, 0.5) is 5.95 Å². The smallest absolute Gasteiger partial charge is 0.361 e. The van der Waals surface area contributed by atoms with Crippen molar-refractivity contribution in [3.63, 3.8) is 0 Å². The minimum atomic E-state index is 0. The summed E-state index contributed by atoms with van der Waals surface area (Å²) >= 11 is 0. The van der Waals surface area contributed by atoms with Gasteiger partial charge in [0.05, 0.1) is 0 Å². The third-order valence-electron chi connectivity index (χ3n) is 7.83. The molecule has 0 unspecified atom stereocenters. The fraction of sp³-hybridized carbons (Fsp3) is 0.306. The predicted octanol–water partition coefficient (Wildman–Crippen LogP) is 4.43. The van der Waals surface area contributed by atoms with Crippen LogP contribution in [0.5, 0.6) is 11.5 Å². The monoisotopic (exact) mass is 675 g/mol. The summed E-state index contributed by atoms with van der Waals surface area (Å²) in [4.78, 5) is 0. The van der Waals surface area contributed by atoms with Crippen LogP contribution in [-0.2, 0) is 45.6 Å². The van der Waals surface area contributed by atoms with Gasteiger partial charge in [-0.2, -0.15) is 9.13 Å². The van der Waals surface area contributed by atoms with Gasteiger partial charge in [0.2, 0.25) is 13.5 Å². The number of halogens is 1. The molecule has 6 heteroatoms. The van der Waals surface area contributed by atoms with Crippen LogP contribution >= 0.6 is 0 Å². The number of fused-ring (bicyclic) bond motifs is 1. The van der Waals surface area contributed by atoms with Crippen LogP contribution < -0.4 is 43.8 Å². The minimum Gasteiger partial charge on any atom is -1.00 e. The standard InChI is InChI=1S/C36H41N3O2.HI/c1-5-26-16-27(6-2)20-32(19-26)40-24-38-34-15-14-31(18-30-12-10-9-11-13-30)23-35(34)39(36(38)37)25-41-33-21-28(7-3)17-29(8-4)22-33;/h9-17,19-23,37H,5-8,18,24-25H2,1-4H3;1H. The van der Waals surface area contributed by atoms with Crippen LogP contribution in [-0.4, -0.2) is 4.57 Å². The van der Waals surface area contributed by atoms with Crippen molar-refractivity contribution in [2.24, 2.45) is 0 Å². The van der Waals surface area contributed by atoms with E-state index in [0.29, 0.717) is 19.4 Å². The quantitative estimate of drug-likeness (QED) is 0.158. The van der Waals surface area contributed by atoms with Gasteiger partial charge in [-0.15, -0.1) is 0 Å². The lowest BCUT2D eigenvalue weighted by molar-refractivity contribution is -0.687. The van der Waals surface area contributed by atoms with Gasteiger partial charge in [-0.3, -0.25) is 5.73 Å². The van der Waals surface area contributed by atoms with Crippen LogP contribution in [0.15, 0.2) is 84.9 Å². The Balaban J connectivity index is 0.00000405. The summed E-state index contributed by atoms with van der Waals surface area (Å²) in [6.45, 7) is 9.32. The molecule has 0 saturated heterocycles. The van der Waals surface area contributed by atoms with Crippen molar-refractivity contribution < 1.29 is 38.0 Å². The Morgan fingerprint density at radius 3 is 1.71 bits per heavy atom. The first kappa shape index (κ1) is 31.4. The lowest BCUT2D eigenvalue weighted by atomic mass is 10.0. The lowest BCUT2D eigenvalue weighted by Crippen LogP contribution is -3.00. The van der Waals surface area contributed by atoms with E-state index in [4.69, 9.17) is 15.2 Å². The van der Waals surface area contributed by atoms with E-state index in [-0.39, 0.29) is 24.0 Å². The molecule has 5 rings (SSSR count). The second kappa shape index (κ2) is 14.6. The van der Waals surface area contributed by atoms with Crippen molar-refractivity contribution in [1.82, 2.24) is 4.57 Å². The summed E-state index contributed by atoms with van der Waals surface area (Å²) < 4.78 is 16.8. The van der Waals surface area contributed by atoms with Crippen molar-refractivity contribution in [1.29, 1.82) is 0 Å². The summed E-state index contributed by atoms with van der Waals surface area (Å²) in [5.74, 6) is 2.34. The Labute approximate surface area is 267 Å². The highest BCUT2D eigenvalue weighted by atomic mass is 127. The van der Waals surface area contributed by atoms with E-state index in [0.717, 1.165) is 54.6 Å². The van der Waals surface area contributed by atoms with Gasteiger partial charge in [-0.05, 0) is 102 Å². The average Bonchev–Trinajstić information content (AvgIpc) is 3.28. The number of ether oxygens (including phenoxy) is 2. The van der Waals surface area contributed by atoms with E-state index in [1.165, 1.54) is 33.4 Å². The van der Waals surface area contributed by atoms with Gasteiger partial charge in [0, 0.05) is 0 Å². The highest BCUT2D eigenvalue weighted by Crippen LogP contribution is 2.24. The maximum Gasteiger partial charge on any atom is 0.361 e. The van der Waals surface area contributed by atoms with Gasteiger partial charge in [0.15, 0.2) is 0 Å². The second-order valence-corrected chi connectivity index (χ2v) is 10.6. The lowest BCUT2D eigenvalue weighted by Gasteiger charge is -2.10. The number of anilines is 1. The summed E-state index contributed by atoms with van der Waals surface area (Å²) in [7, 11) is 0. The van der Waals surface area contributed by atoms with Crippen LogP contribution in [0, 0.1) is 0 Å². The largest absolute Gasteiger partial charge is 1.00 e. The van der Waals surface area contributed by atoms with Gasteiger partial charge in [0.25, 0.3) is 0 Å². The van der Waals surface area contributed by atoms with Gasteiger partial charge in [-0.1, -0.05) is 76.2 Å². The topological polar surface area (TPSA) is 53.3 Å². The summed E-state index contributed by atoms with van der Waals surface area (Å²) in [5, 5.41) is 0. The molecule has 42 heavy (non-hydrogen) atoms. The highest BCUT2D eigenvalue weighted by molar-refractivity contribution is 5.75. The van der Waals surface area contributed by atoms with Crippen LogP contribution in [0.1, 0.15) is 61.1 Å². The van der Waals surface area contributed by atoms with E-state index in [9.17, 15) is 0 Å². The zero-order chi connectivity index (χ0) is 28.8. The summed E-state index contributed by atoms with van der Waals surface area (Å²) in [6.07, 6.45) is 4.73. The number of aromatic nitrogens is 2. The first-order valence-electron chi connectivity index (χ1n) is 14.9.